The fourth-order valence-corrected chi connectivity index (χ4v) is 3.25. The summed E-state index contributed by atoms with van der Waals surface area (Å²) in [5.74, 6) is 0.835. The number of carbonyl (C=O) groups is 1. The summed E-state index contributed by atoms with van der Waals surface area (Å²) in [6.45, 7) is 0.803. The van der Waals surface area contributed by atoms with Gasteiger partial charge in [-0.1, -0.05) is 35.3 Å². The lowest BCUT2D eigenvalue weighted by atomic mass is 10.2. The zero-order valence-corrected chi connectivity index (χ0v) is 17.2. The third-order valence-corrected chi connectivity index (χ3v) is 4.80. The van der Waals surface area contributed by atoms with Gasteiger partial charge in [0.05, 0.1) is 11.6 Å². The van der Waals surface area contributed by atoms with Gasteiger partial charge in [0.1, 0.15) is 18.1 Å². The van der Waals surface area contributed by atoms with Crippen LogP contribution >= 0.6 is 23.2 Å². The summed E-state index contributed by atoms with van der Waals surface area (Å²) < 4.78 is 13.0. The van der Waals surface area contributed by atoms with Crippen molar-refractivity contribution in [1.82, 2.24) is 9.78 Å². The number of nitrogens with zero attached hydrogens (tertiary/aromatic N) is 2. The van der Waals surface area contributed by atoms with E-state index in [-0.39, 0.29) is 18.3 Å². The molecule has 6 nitrogen and oxygen atoms in total. The molecule has 0 fully saturated rings. The van der Waals surface area contributed by atoms with Gasteiger partial charge in [0.15, 0.2) is 5.76 Å². The molecule has 30 heavy (non-hydrogen) atoms. The van der Waals surface area contributed by atoms with Crippen molar-refractivity contribution >= 4 is 34.8 Å². The molecule has 4 rings (SSSR count). The normalized spacial score (nSPS) is 10.7. The summed E-state index contributed by atoms with van der Waals surface area (Å²) >= 11 is 12.0. The maximum atomic E-state index is 12.4. The van der Waals surface area contributed by atoms with E-state index >= 15 is 0 Å². The van der Waals surface area contributed by atoms with Crippen molar-refractivity contribution in [3.8, 4) is 5.75 Å². The van der Waals surface area contributed by atoms with E-state index in [2.05, 4.69) is 10.4 Å². The molecule has 0 bridgehead atoms. The second-order valence-electron chi connectivity index (χ2n) is 6.48. The number of carbonyl (C=O) groups excluding carboxylic acids is 1. The predicted octanol–water partition coefficient (Wildman–Crippen LogP) is 5.66. The lowest BCUT2D eigenvalue weighted by Crippen LogP contribution is -2.11. The second kappa shape index (κ2) is 9.07. The van der Waals surface area contributed by atoms with Crippen molar-refractivity contribution in [1.29, 1.82) is 0 Å². The molecule has 2 aromatic heterocycles. The van der Waals surface area contributed by atoms with Crippen LogP contribution in [-0.2, 0) is 13.2 Å². The Labute approximate surface area is 183 Å². The topological polar surface area (TPSA) is 69.3 Å². The SMILES string of the molecule is O=C(Nc1ccc(Cn2cccn2)cc1)c1ccc(COc2ccc(Cl)cc2Cl)o1. The summed E-state index contributed by atoms with van der Waals surface area (Å²) in [4.78, 5) is 12.4. The molecule has 2 aromatic carbocycles. The Morgan fingerprint density at radius 2 is 1.93 bits per heavy atom. The van der Waals surface area contributed by atoms with E-state index in [4.69, 9.17) is 32.4 Å². The van der Waals surface area contributed by atoms with Gasteiger partial charge in [0.25, 0.3) is 5.91 Å². The maximum absolute atomic E-state index is 12.4. The smallest absolute Gasteiger partial charge is 0.291 e. The molecule has 0 atom stereocenters. The highest BCUT2D eigenvalue weighted by Gasteiger charge is 2.13. The third kappa shape index (κ3) is 5.03. The Bertz CT molecular complexity index is 1140. The van der Waals surface area contributed by atoms with Crippen molar-refractivity contribution in [3.05, 3.63) is 100 Å². The molecule has 0 saturated heterocycles. The molecule has 152 valence electrons. The van der Waals surface area contributed by atoms with Gasteiger partial charge in [0.2, 0.25) is 0 Å². The first-order chi connectivity index (χ1) is 14.6. The Kier molecular flexibility index (Phi) is 6.07. The number of halogens is 2. The van der Waals surface area contributed by atoms with Crippen molar-refractivity contribution < 1.29 is 13.9 Å². The fraction of sp³-hybridized carbons (Fsp3) is 0.0909. The van der Waals surface area contributed by atoms with E-state index in [1.807, 2.05) is 41.2 Å². The molecule has 0 aliphatic rings. The molecule has 4 aromatic rings. The highest BCUT2D eigenvalue weighted by molar-refractivity contribution is 6.35. The second-order valence-corrected chi connectivity index (χ2v) is 7.33. The fourth-order valence-electron chi connectivity index (χ4n) is 2.79. The zero-order chi connectivity index (χ0) is 20.9. The Morgan fingerprint density at radius 1 is 1.10 bits per heavy atom. The number of amides is 1. The first-order valence-electron chi connectivity index (χ1n) is 9.11. The van der Waals surface area contributed by atoms with E-state index in [0.717, 1.165) is 5.56 Å². The zero-order valence-electron chi connectivity index (χ0n) is 15.7. The monoisotopic (exact) mass is 441 g/mol. The van der Waals surface area contributed by atoms with Crippen LogP contribution in [0.3, 0.4) is 0 Å². The van der Waals surface area contributed by atoms with Gasteiger partial charge in [-0.3, -0.25) is 9.48 Å². The summed E-state index contributed by atoms with van der Waals surface area (Å²) in [6.07, 6.45) is 3.64. The number of anilines is 1. The number of hydrogen-bond acceptors (Lipinski definition) is 4. The minimum atomic E-state index is -0.342. The number of furan rings is 1. The molecule has 1 N–H and O–H groups in total. The maximum Gasteiger partial charge on any atom is 0.291 e. The minimum Gasteiger partial charge on any atom is -0.484 e. The Morgan fingerprint density at radius 3 is 2.67 bits per heavy atom. The Hall–Kier alpha value is -3.22. The highest BCUT2D eigenvalue weighted by atomic mass is 35.5. The predicted molar refractivity (Wildman–Crippen MR) is 115 cm³/mol. The molecule has 0 aliphatic carbocycles. The number of hydrogen-bond donors (Lipinski definition) is 1. The van der Waals surface area contributed by atoms with Gasteiger partial charge in [0, 0.05) is 23.1 Å². The molecule has 8 heteroatoms. The van der Waals surface area contributed by atoms with Crippen molar-refractivity contribution in [3.63, 3.8) is 0 Å². The van der Waals surface area contributed by atoms with Gasteiger partial charge in [-0.15, -0.1) is 0 Å². The van der Waals surface area contributed by atoms with E-state index < -0.39 is 0 Å². The summed E-state index contributed by atoms with van der Waals surface area (Å²) in [5.41, 5.74) is 1.75. The van der Waals surface area contributed by atoms with Crippen molar-refractivity contribution in [2.24, 2.45) is 0 Å². The molecule has 2 heterocycles. The van der Waals surface area contributed by atoms with Crippen LogP contribution in [0.25, 0.3) is 0 Å². The average Bonchev–Trinajstić information content (AvgIpc) is 3.41. The molecule has 1 amide bonds. The van der Waals surface area contributed by atoms with E-state index in [9.17, 15) is 4.79 Å². The van der Waals surface area contributed by atoms with E-state index in [1.54, 1.807) is 36.5 Å². The average molecular weight is 442 g/mol. The third-order valence-electron chi connectivity index (χ3n) is 4.26. The molecule has 0 unspecified atom stereocenters. The summed E-state index contributed by atoms with van der Waals surface area (Å²) in [7, 11) is 0. The molecular weight excluding hydrogens is 425 g/mol. The number of ether oxygens (including phenoxy) is 1. The molecular formula is C22H17Cl2N3O3. The number of benzene rings is 2. The number of aromatic nitrogens is 2. The van der Waals surface area contributed by atoms with Gasteiger partial charge in [-0.05, 0) is 54.1 Å². The Balaban J connectivity index is 1.33. The number of nitrogens with one attached hydrogen (secondary N) is 1. The van der Waals surface area contributed by atoms with Gasteiger partial charge < -0.3 is 14.5 Å². The van der Waals surface area contributed by atoms with Crippen molar-refractivity contribution in [2.75, 3.05) is 5.32 Å². The molecule has 0 saturated carbocycles. The van der Waals surface area contributed by atoms with Crippen LogP contribution in [0.2, 0.25) is 10.0 Å². The van der Waals surface area contributed by atoms with Gasteiger partial charge in [-0.25, -0.2) is 0 Å². The minimum absolute atomic E-state index is 0.136. The molecule has 0 aliphatic heterocycles. The van der Waals surface area contributed by atoms with Crippen LogP contribution in [0.1, 0.15) is 21.9 Å². The summed E-state index contributed by atoms with van der Waals surface area (Å²) in [6, 6.07) is 17.7. The van der Waals surface area contributed by atoms with Crippen LogP contribution in [0.15, 0.2) is 77.5 Å². The van der Waals surface area contributed by atoms with E-state index in [0.29, 0.717) is 33.8 Å². The standard InChI is InChI=1S/C22H17Cl2N3O3/c23-16-4-8-20(19(24)12-16)29-14-18-7-9-21(30-18)22(28)26-17-5-2-15(3-6-17)13-27-11-1-10-25-27/h1-12H,13-14H2,(H,26,28). The van der Waals surface area contributed by atoms with Crippen LogP contribution in [0.4, 0.5) is 5.69 Å². The molecule has 0 spiro atoms. The van der Waals surface area contributed by atoms with Crippen molar-refractivity contribution in [2.45, 2.75) is 13.2 Å². The number of rotatable bonds is 7. The van der Waals surface area contributed by atoms with Crippen LogP contribution in [-0.4, -0.2) is 15.7 Å². The van der Waals surface area contributed by atoms with Crippen LogP contribution in [0.5, 0.6) is 5.75 Å². The van der Waals surface area contributed by atoms with E-state index in [1.165, 1.54) is 0 Å². The highest BCUT2D eigenvalue weighted by Crippen LogP contribution is 2.28. The first kappa shape index (κ1) is 20.1. The van der Waals surface area contributed by atoms with Crippen LogP contribution < -0.4 is 10.1 Å². The lowest BCUT2D eigenvalue weighted by Gasteiger charge is -2.07. The quantitative estimate of drug-likeness (QED) is 0.401. The lowest BCUT2D eigenvalue weighted by molar-refractivity contribution is 0.0992. The largest absolute Gasteiger partial charge is 0.484 e. The first-order valence-corrected chi connectivity index (χ1v) is 9.87. The van der Waals surface area contributed by atoms with Gasteiger partial charge >= 0.3 is 0 Å². The molecule has 0 radical (unpaired) electrons. The van der Waals surface area contributed by atoms with Gasteiger partial charge in [-0.2, -0.15) is 5.10 Å². The van der Waals surface area contributed by atoms with Crippen LogP contribution in [0, 0.1) is 0 Å². The summed E-state index contributed by atoms with van der Waals surface area (Å²) in [5, 5.41) is 7.93.